The lowest BCUT2D eigenvalue weighted by molar-refractivity contribution is -0.137. The van der Waals surface area contributed by atoms with E-state index >= 15 is 0 Å². The molecule has 0 aliphatic rings. The van der Waals surface area contributed by atoms with Gasteiger partial charge in [-0.1, -0.05) is 19.3 Å². The number of carbonyl (C=O) groups excluding carboxylic acids is 1. The van der Waals surface area contributed by atoms with Gasteiger partial charge in [-0.3, -0.25) is 9.59 Å². The molecule has 0 heterocycles. The number of carbonyl (C=O) groups is 2. The Morgan fingerprint density at radius 2 is 1.50 bits per heavy atom. The van der Waals surface area contributed by atoms with Crippen molar-refractivity contribution in [3.05, 3.63) is 0 Å². The minimum Gasteiger partial charge on any atom is -0.481 e. The van der Waals surface area contributed by atoms with Gasteiger partial charge in [0.25, 0.3) is 0 Å². The van der Waals surface area contributed by atoms with Crippen LogP contribution in [0, 0.1) is 0 Å². The average Bonchev–Trinajstić information content (AvgIpc) is 2.33. The molecule has 0 fully saturated rings. The van der Waals surface area contributed by atoms with Crippen molar-refractivity contribution in [2.24, 2.45) is 5.73 Å². The third-order valence-corrected chi connectivity index (χ3v) is 2.75. The quantitative estimate of drug-likeness (QED) is 0.464. The van der Waals surface area contributed by atoms with Gasteiger partial charge in [-0.15, -0.1) is 0 Å². The van der Waals surface area contributed by atoms with E-state index in [2.05, 4.69) is 5.32 Å². The normalized spacial score (nSPS) is 10.3. The molecule has 0 spiro atoms. The first-order valence-corrected chi connectivity index (χ1v) is 6.85. The van der Waals surface area contributed by atoms with Crippen molar-refractivity contribution in [1.29, 1.82) is 0 Å². The van der Waals surface area contributed by atoms with E-state index in [1.165, 1.54) is 0 Å². The van der Waals surface area contributed by atoms with E-state index in [4.69, 9.17) is 10.8 Å². The highest BCUT2D eigenvalue weighted by Crippen LogP contribution is 2.02. The summed E-state index contributed by atoms with van der Waals surface area (Å²) in [6.45, 7) is 1.39. The fourth-order valence-corrected chi connectivity index (χ4v) is 1.68. The summed E-state index contributed by atoms with van der Waals surface area (Å²) in [5.41, 5.74) is 5.36. The van der Waals surface area contributed by atoms with Crippen LogP contribution in [0.1, 0.15) is 57.8 Å². The second-order valence-electron chi connectivity index (χ2n) is 4.51. The zero-order valence-corrected chi connectivity index (χ0v) is 11.1. The zero-order valence-electron chi connectivity index (χ0n) is 11.1. The molecule has 0 unspecified atom stereocenters. The van der Waals surface area contributed by atoms with Crippen LogP contribution in [0.15, 0.2) is 0 Å². The van der Waals surface area contributed by atoms with Crippen molar-refractivity contribution in [1.82, 2.24) is 5.32 Å². The van der Waals surface area contributed by atoms with Crippen LogP contribution in [0.25, 0.3) is 0 Å². The topological polar surface area (TPSA) is 92.4 Å². The number of hydrogen-bond acceptors (Lipinski definition) is 3. The van der Waals surface area contributed by atoms with Gasteiger partial charge in [0.15, 0.2) is 0 Å². The summed E-state index contributed by atoms with van der Waals surface area (Å²) in [6, 6.07) is 0. The number of nitrogens with one attached hydrogen (secondary N) is 1. The molecule has 4 N–H and O–H groups in total. The van der Waals surface area contributed by atoms with Crippen molar-refractivity contribution in [3.8, 4) is 0 Å². The van der Waals surface area contributed by atoms with Crippen LogP contribution < -0.4 is 11.1 Å². The van der Waals surface area contributed by atoms with Gasteiger partial charge in [0.2, 0.25) is 5.91 Å². The van der Waals surface area contributed by atoms with Gasteiger partial charge >= 0.3 is 5.97 Å². The monoisotopic (exact) mass is 258 g/mol. The van der Waals surface area contributed by atoms with Crippen molar-refractivity contribution in [3.63, 3.8) is 0 Å². The third-order valence-electron chi connectivity index (χ3n) is 2.75. The molecule has 0 radical (unpaired) electrons. The second kappa shape index (κ2) is 12.4. The standard InChI is InChI=1S/C13H26N2O3/c14-10-6-3-4-8-12(16)15-11-7-2-1-5-9-13(17)18/h1-11,14H2,(H,15,16)(H,17,18). The number of carboxylic acid groups (broad SMARTS) is 1. The average molecular weight is 258 g/mol. The number of rotatable bonds is 12. The van der Waals surface area contributed by atoms with Gasteiger partial charge in [-0.05, 0) is 32.2 Å². The molecule has 0 aromatic carbocycles. The summed E-state index contributed by atoms with van der Waals surface area (Å²) >= 11 is 0. The van der Waals surface area contributed by atoms with Crippen LogP contribution in [0.4, 0.5) is 0 Å². The number of hydrogen-bond donors (Lipinski definition) is 3. The van der Waals surface area contributed by atoms with Gasteiger partial charge in [0, 0.05) is 19.4 Å². The molecular weight excluding hydrogens is 232 g/mol. The zero-order chi connectivity index (χ0) is 13.6. The molecule has 0 atom stereocenters. The number of aliphatic carboxylic acids is 1. The second-order valence-corrected chi connectivity index (χ2v) is 4.51. The lowest BCUT2D eigenvalue weighted by Crippen LogP contribution is -2.24. The summed E-state index contributed by atoms with van der Waals surface area (Å²) < 4.78 is 0. The van der Waals surface area contributed by atoms with Gasteiger partial charge < -0.3 is 16.2 Å². The molecule has 0 saturated carbocycles. The van der Waals surface area contributed by atoms with Crippen LogP contribution in [0.2, 0.25) is 0 Å². The molecule has 1 amide bonds. The minimum absolute atomic E-state index is 0.109. The molecule has 18 heavy (non-hydrogen) atoms. The number of nitrogens with two attached hydrogens (primary N) is 1. The summed E-state index contributed by atoms with van der Waals surface area (Å²) in [4.78, 5) is 21.6. The van der Waals surface area contributed by atoms with Crippen LogP contribution in [-0.2, 0) is 9.59 Å². The summed E-state index contributed by atoms with van der Waals surface area (Å²) in [5.74, 6) is -0.627. The third kappa shape index (κ3) is 13.0. The van der Waals surface area contributed by atoms with Crippen LogP contribution in [-0.4, -0.2) is 30.1 Å². The maximum Gasteiger partial charge on any atom is 0.303 e. The first-order chi connectivity index (χ1) is 8.66. The lowest BCUT2D eigenvalue weighted by atomic mass is 10.1. The Hall–Kier alpha value is -1.10. The van der Waals surface area contributed by atoms with Crippen LogP contribution in [0.5, 0.6) is 0 Å². The summed E-state index contributed by atoms with van der Waals surface area (Å²) in [5, 5.41) is 11.3. The Morgan fingerprint density at radius 1 is 0.889 bits per heavy atom. The van der Waals surface area contributed by atoms with E-state index in [9.17, 15) is 9.59 Å². The molecule has 0 bridgehead atoms. The van der Waals surface area contributed by atoms with E-state index < -0.39 is 5.97 Å². The van der Waals surface area contributed by atoms with Gasteiger partial charge in [-0.2, -0.15) is 0 Å². The highest BCUT2D eigenvalue weighted by molar-refractivity contribution is 5.75. The molecule has 106 valence electrons. The molecular formula is C13H26N2O3. The molecule has 0 aromatic heterocycles. The molecule has 5 heteroatoms. The van der Waals surface area contributed by atoms with Crippen molar-refractivity contribution >= 4 is 11.9 Å². The molecule has 0 aliphatic heterocycles. The number of carboxylic acids is 1. The molecule has 5 nitrogen and oxygen atoms in total. The molecule has 0 aromatic rings. The fraction of sp³-hybridized carbons (Fsp3) is 0.846. The maximum atomic E-state index is 11.4. The van der Waals surface area contributed by atoms with Crippen molar-refractivity contribution < 1.29 is 14.7 Å². The van der Waals surface area contributed by atoms with E-state index in [0.29, 0.717) is 19.5 Å². The van der Waals surface area contributed by atoms with Gasteiger partial charge in [0.1, 0.15) is 0 Å². The van der Waals surface area contributed by atoms with Crippen molar-refractivity contribution in [2.45, 2.75) is 57.8 Å². The number of amides is 1. The Bertz CT molecular complexity index is 232. The smallest absolute Gasteiger partial charge is 0.303 e. The first kappa shape index (κ1) is 16.9. The Balaban J connectivity index is 3.17. The fourth-order valence-electron chi connectivity index (χ4n) is 1.68. The van der Waals surface area contributed by atoms with Gasteiger partial charge in [-0.25, -0.2) is 0 Å². The van der Waals surface area contributed by atoms with Crippen LogP contribution in [0.3, 0.4) is 0 Å². The largest absolute Gasteiger partial charge is 0.481 e. The lowest BCUT2D eigenvalue weighted by Gasteiger charge is -2.04. The van der Waals surface area contributed by atoms with E-state index in [-0.39, 0.29) is 12.3 Å². The summed E-state index contributed by atoms with van der Waals surface area (Å²) in [6.07, 6.45) is 7.26. The Morgan fingerprint density at radius 3 is 2.17 bits per heavy atom. The van der Waals surface area contributed by atoms with Gasteiger partial charge in [0.05, 0.1) is 0 Å². The SMILES string of the molecule is NCCCCCC(=O)NCCCCCCC(=O)O. The van der Waals surface area contributed by atoms with E-state index in [1.807, 2.05) is 0 Å². The van der Waals surface area contributed by atoms with E-state index in [1.54, 1.807) is 0 Å². The summed E-state index contributed by atoms with van der Waals surface area (Å²) in [7, 11) is 0. The maximum absolute atomic E-state index is 11.4. The van der Waals surface area contributed by atoms with Crippen molar-refractivity contribution in [2.75, 3.05) is 13.1 Å². The predicted octanol–water partition coefficient (Wildman–Crippen LogP) is 1.66. The van der Waals surface area contributed by atoms with Crippen LogP contribution >= 0.6 is 0 Å². The molecule has 0 rings (SSSR count). The molecule has 0 aliphatic carbocycles. The molecule has 0 saturated heterocycles. The first-order valence-electron chi connectivity index (χ1n) is 6.85. The number of unbranched alkanes of at least 4 members (excludes halogenated alkanes) is 5. The Labute approximate surface area is 109 Å². The highest BCUT2D eigenvalue weighted by Gasteiger charge is 2.00. The van der Waals surface area contributed by atoms with E-state index in [0.717, 1.165) is 44.9 Å². The highest BCUT2D eigenvalue weighted by atomic mass is 16.4. The Kier molecular flexibility index (Phi) is 11.6. The predicted molar refractivity (Wildman–Crippen MR) is 71.3 cm³/mol. The minimum atomic E-state index is -0.735.